The molecular weight excluding hydrogens is 432 g/mol. The quantitative estimate of drug-likeness (QED) is 0.354. The van der Waals surface area contributed by atoms with E-state index in [1.165, 1.54) is 4.68 Å². The molecule has 0 saturated carbocycles. The molecule has 1 aromatic heterocycles. The molecule has 1 heterocycles. The summed E-state index contributed by atoms with van der Waals surface area (Å²) in [6.45, 7) is 5.45. The van der Waals surface area contributed by atoms with Gasteiger partial charge in [-0.05, 0) is 44.0 Å². The number of hydrogen-bond donors (Lipinski definition) is 0. The summed E-state index contributed by atoms with van der Waals surface area (Å²) in [4.78, 5) is 0.159. The van der Waals surface area contributed by atoms with Crippen LogP contribution in [-0.4, -0.2) is 18.2 Å². The van der Waals surface area contributed by atoms with Crippen LogP contribution in [0.5, 0.6) is 5.88 Å². The molecule has 0 N–H and O–H groups in total. The maximum Gasteiger partial charge on any atom is 0.341 e. The van der Waals surface area contributed by atoms with Gasteiger partial charge >= 0.3 is 10.1 Å². The molecule has 0 unspecified atom stereocenters. The van der Waals surface area contributed by atoms with Gasteiger partial charge in [-0.3, -0.25) is 0 Å². The van der Waals surface area contributed by atoms with Crippen LogP contribution >= 0.6 is 11.6 Å². The first kappa shape index (κ1) is 21.2. The normalized spacial score (nSPS) is 11.5. The van der Waals surface area contributed by atoms with Gasteiger partial charge < -0.3 is 4.18 Å². The number of hydrogen-bond acceptors (Lipinski definition) is 4. The minimum atomic E-state index is -4.11. The summed E-state index contributed by atoms with van der Waals surface area (Å²) >= 11 is 6.38. The van der Waals surface area contributed by atoms with Crippen molar-refractivity contribution in [3.63, 3.8) is 0 Å². The highest BCUT2D eigenvalue weighted by atomic mass is 35.5. The van der Waals surface area contributed by atoms with Gasteiger partial charge in [0, 0.05) is 11.6 Å². The molecule has 4 aromatic rings. The topological polar surface area (TPSA) is 61.2 Å². The lowest BCUT2D eigenvalue weighted by atomic mass is 10.1. The second kappa shape index (κ2) is 8.21. The van der Waals surface area contributed by atoms with Crippen LogP contribution in [0.4, 0.5) is 0 Å². The molecule has 0 saturated heterocycles. The lowest BCUT2D eigenvalue weighted by molar-refractivity contribution is 0.464. The highest BCUT2D eigenvalue weighted by Crippen LogP contribution is 2.32. The molecule has 0 fully saturated rings. The highest BCUT2D eigenvalue weighted by molar-refractivity contribution is 7.87. The fourth-order valence-electron chi connectivity index (χ4n) is 3.68. The van der Waals surface area contributed by atoms with Gasteiger partial charge in [0.25, 0.3) is 0 Å². The van der Waals surface area contributed by atoms with Gasteiger partial charge in [0.15, 0.2) is 0 Å². The van der Waals surface area contributed by atoms with Crippen LogP contribution in [0.15, 0.2) is 77.7 Å². The van der Waals surface area contributed by atoms with Gasteiger partial charge in [-0.15, -0.1) is 0 Å². The lowest BCUT2D eigenvalue weighted by Crippen LogP contribution is -2.15. The summed E-state index contributed by atoms with van der Waals surface area (Å²) < 4.78 is 33.6. The Labute approximate surface area is 187 Å². The van der Waals surface area contributed by atoms with Crippen molar-refractivity contribution in [3.8, 4) is 22.8 Å². The molecule has 0 spiro atoms. The standard InChI is InChI=1S/C24H21ClN2O3S/c1-16-13-17(2)24(18(3)14-16)31(28,29)30-23-15-21(19-9-5-4-6-10-19)26-27(23)22-12-8-7-11-20(22)25/h4-15H,1-3H3. The van der Waals surface area contributed by atoms with E-state index in [0.717, 1.165) is 11.1 Å². The smallest absolute Gasteiger partial charge is 0.341 e. The second-order valence-electron chi connectivity index (χ2n) is 7.36. The van der Waals surface area contributed by atoms with Gasteiger partial charge in [0.2, 0.25) is 5.88 Å². The van der Waals surface area contributed by atoms with Crippen LogP contribution in [0, 0.1) is 20.8 Å². The zero-order valence-electron chi connectivity index (χ0n) is 17.3. The van der Waals surface area contributed by atoms with Crippen LogP contribution in [0.25, 0.3) is 16.9 Å². The predicted molar refractivity (Wildman–Crippen MR) is 122 cm³/mol. The average molecular weight is 453 g/mol. The van der Waals surface area contributed by atoms with E-state index in [-0.39, 0.29) is 10.8 Å². The van der Waals surface area contributed by atoms with E-state index in [2.05, 4.69) is 5.10 Å². The van der Waals surface area contributed by atoms with Crippen molar-refractivity contribution in [2.24, 2.45) is 0 Å². The molecule has 3 aromatic carbocycles. The molecule has 7 heteroatoms. The Bertz CT molecular complexity index is 1340. The maximum absolute atomic E-state index is 13.3. The minimum absolute atomic E-state index is 0.0614. The van der Waals surface area contributed by atoms with E-state index in [1.807, 2.05) is 49.4 Å². The van der Waals surface area contributed by atoms with Crippen LogP contribution in [-0.2, 0) is 10.1 Å². The molecule has 4 rings (SSSR count). The van der Waals surface area contributed by atoms with Crippen molar-refractivity contribution in [1.82, 2.24) is 9.78 Å². The van der Waals surface area contributed by atoms with E-state index in [1.54, 1.807) is 44.2 Å². The van der Waals surface area contributed by atoms with Crippen LogP contribution in [0.2, 0.25) is 5.02 Å². The summed E-state index contributed by atoms with van der Waals surface area (Å²) in [6, 6.07) is 21.8. The molecule has 0 aliphatic heterocycles. The summed E-state index contributed by atoms with van der Waals surface area (Å²) in [5.74, 6) is 0.0614. The van der Waals surface area contributed by atoms with Gasteiger partial charge in [0.1, 0.15) is 4.90 Å². The molecule has 5 nitrogen and oxygen atoms in total. The Hall–Kier alpha value is -3.09. The summed E-state index contributed by atoms with van der Waals surface area (Å²) in [5, 5.41) is 5.02. The molecule has 158 valence electrons. The maximum atomic E-state index is 13.3. The van der Waals surface area contributed by atoms with Crippen LogP contribution < -0.4 is 4.18 Å². The van der Waals surface area contributed by atoms with Crippen molar-refractivity contribution in [2.45, 2.75) is 25.7 Å². The minimum Gasteiger partial charge on any atom is -0.358 e. The van der Waals surface area contributed by atoms with Crippen LogP contribution in [0.3, 0.4) is 0 Å². The van der Waals surface area contributed by atoms with Gasteiger partial charge in [-0.1, -0.05) is 71.8 Å². The molecule has 0 aliphatic rings. The number of nitrogens with zero attached hydrogens (tertiary/aromatic N) is 2. The molecule has 0 aliphatic carbocycles. The number of aryl methyl sites for hydroxylation is 3. The van der Waals surface area contributed by atoms with E-state index >= 15 is 0 Å². The van der Waals surface area contributed by atoms with Crippen molar-refractivity contribution < 1.29 is 12.6 Å². The van der Waals surface area contributed by atoms with Crippen molar-refractivity contribution in [2.75, 3.05) is 0 Å². The van der Waals surface area contributed by atoms with Crippen molar-refractivity contribution in [3.05, 3.63) is 94.5 Å². The zero-order valence-corrected chi connectivity index (χ0v) is 18.9. The third kappa shape index (κ3) is 4.22. The molecule has 0 radical (unpaired) electrons. The van der Waals surface area contributed by atoms with E-state index in [0.29, 0.717) is 27.5 Å². The first-order valence-corrected chi connectivity index (χ1v) is 11.5. The number of rotatable bonds is 5. The average Bonchev–Trinajstić information content (AvgIpc) is 3.10. The Morgan fingerprint density at radius 2 is 1.48 bits per heavy atom. The van der Waals surface area contributed by atoms with Gasteiger partial charge in [-0.2, -0.15) is 18.2 Å². The Morgan fingerprint density at radius 3 is 2.13 bits per heavy atom. The molecular formula is C24H21ClN2O3S. The molecule has 0 bridgehead atoms. The Morgan fingerprint density at radius 1 is 0.871 bits per heavy atom. The highest BCUT2D eigenvalue weighted by Gasteiger charge is 2.26. The predicted octanol–water partition coefficient (Wildman–Crippen LogP) is 5.89. The first-order valence-electron chi connectivity index (χ1n) is 9.69. The first-order chi connectivity index (χ1) is 14.8. The Balaban J connectivity index is 1.86. The molecule has 0 atom stereocenters. The van der Waals surface area contributed by atoms with Crippen molar-refractivity contribution in [1.29, 1.82) is 0 Å². The van der Waals surface area contributed by atoms with Gasteiger partial charge in [0.05, 0.1) is 16.4 Å². The monoisotopic (exact) mass is 452 g/mol. The third-order valence-electron chi connectivity index (χ3n) is 4.88. The molecule has 31 heavy (non-hydrogen) atoms. The second-order valence-corrected chi connectivity index (χ2v) is 9.25. The summed E-state index contributed by atoms with van der Waals surface area (Å²) in [6.07, 6.45) is 0. The number of para-hydroxylation sites is 1. The fraction of sp³-hybridized carbons (Fsp3) is 0.125. The van der Waals surface area contributed by atoms with Crippen LogP contribution in [0.1, 0.15) is 16.7 Å². The third-order valence-corrected chi connectivity index (χ3v) is 6.73. The van der Waals surface area contributed by atoms with E-state index in [4.69, 9.17) is 15.8 Å². The van der Waals surface area contributed by atoms with E-state index < -0.39 is 10.1 Å². The number of halogens is 1. The SMILES string of the molecule is Cc1cc(C)c(S(=O)(=O)Oc2cc(-c3ccccc3)nn2-c2ccccc2Cl)c(C)c1. The molecule has 0 amide bonds. The lowest BCUT2D eigenvalue weighted by Gasteiger charge is -2.14. The summed E-state index contributed by atoms with van der Waals surface area (Å²) in [7, 11) is -4.11. The summed E-state index contributed by atoms with van der Waals surface area (Å²) in [5.41, 5.74) is 4.17. The number of aromatic nitrogens is 2. The fourth-order valence-corrected chi connectivity index (χ4v) is 5.23. The Kier molecular flexibility index (Phi) is 5.60. The van der Waals surface area contributed by atoms with Crippen molar-refractivity contribution >= 4 is 21.7 Å². The largest absolute Gasteiger partial charge is 0.358 e. The van der Waals surface area contributed by atoms with Gasteiger partial charge in [-0.25, -0.2) is 0 Å². The van der Waals surface area contributed by atoms with E-state index in [9.17, 15) is 8.42 Å². The zero-order chi connectivity index (χ0) is 22.2. The number of benzene rings is 3.